The molecule has 1 fully saturated rings. The molecule has 4 N–H and O–H groups in total. The van der Waals surface area contributed by atoms with E-state index in [0.29, 0.717) is 36.4 Å². The molecule has 1 unspecified atom stereocenters. The summed E-state index contributed by atoms with van der Waals surface area (Å²) in [6, 6.07) is 12.2. The predicted octanol–water partition coefficient (Wildman–Crippen LogP) is 2.86. The van der Waals surface area contributed by atoms with Crippen LogP contribution in [0.15, 0.2) is 64.3 Å². The Kier molecular flexibility index (Phi) is 7.51. The number of primary sulfonamides is 1. The monoisotopic (exact) mass is 556 g/mol. The van der Waals surface area contributed by atoms with Crippen molar-refractivity contribution in [1.29, 1.82) is 0 Å². The Labute approximate surface area is 227 Å². The van der Waals surface area contributed by atoms with Gasteiger partial charge in [-0.15, -0.1) is 0 Å². The highest BCUT2D eigenvalue weighted by Crippen LogP contribution is 2.39. The third-order valence-corrected chi connectivity index (χ3v) is 8.20. The molecule has 2 aromatic carbocycles. The van der Waals surface area contributed by atoms with Crippen LogP contribution in [0.1, 0.15) is 41.5 Å². The zero-order chi connectivity index (χ0) is 27.8. The molecule has 12 heteroatoms. The number of nitrogens with zero attached hydrogens (tertiary/aromatic N) is 3. The molecule has 0 spiro atoms. The van der Waals surface area contributed by atoms with E-state index in [2.05, 4.69) is 5.16 Å². The van der Waals surface area contributed by atoms with Crippen LogP contribution in [-0.4, -0.2) is 54.2 Å². The van der Waals surface area contributed by atoms with Gasteiger partial charge in [0.05, 0.1) is 23.8 Å². The standard InChI is InChI=1S/C27H32N4O7S/c1-18-19(2)29-37-25(18)31-12-13-36-26(31)20-8-9-22(23-6-3-4-7-24(23)39(28,34)35)21(14-20)15-30-11-5-10-27(16-32,17-33)38-30/h3-4,6-9,12-14,26,32-33H,5,10-11,15-17H2,1-2H3,(H2,28,34,35). The average Bonchev–Trinajstić information content (AvgIpc) is 3.54. The first-order chi connectivity index (χ1) is 18.7. The van der Waals surface area contributed by atoms with Gasteiger partial charge in [-0.1, -0.05) is 35.5 Å². The molecule has 2 aliphatic heterocycles. The summed E-state index contributed by atoms with van der Waals surface area (Å²) >= 11 is 0. The lowest BCUT2D eigenvalue weighted by atomic mass is 9.95. The van der Waals surface area contributed by atoms with E-state index in [9.17, 15) is 18.6 Å². The zero-order valence-corrected chi connectivity index (χ0v) is 22.6. The van der Waals surface area contributed by atoms with Crippen molar-refractivity contribution in [3.05, 3.63) is 77.3 Å². The van der Waals surface area contributed by atoms with E-state index < -0.39 is 21.9 Å². The first-order valence-electron chi connectivity index (χ1n) is 12.6. The van der Waals surface area contributed by atoms with E-state index in [4.69, 9.17) is 19.2 Å². The molecule has 5 rings (SSSR count). The molecular weight excluding hydrogens is 524 g/mol. The molecule has 0 saturated carbocycles. The second kappa shape index (κ2) is 10.7. The number of aryl methyl sites for hydroxylation is 1. The van der Waals surface area contributed by atoms with E-state index in [1.165, 1.54) is 6.07 Å². The summed E-state index contributed by atoms with van der Waals surface area (Å²) in [6.07, 6.45) is 4.03. The number of hydrogen-bond acceptors (Lipinski definition) is 10. The molecular formula is C27H32N4O7S. The number of anilines is 1. The highest BCUT2D eigenvalue weighted by Gasteiger charge is 2.37. The van der Waals surface area contributed by atoms with Crippen molar-refractivity contribution in [1.82, 2.24) is 10.2 Å². The summed E-state index contributed by atoms with van der Waals surface area (Å²) in [5, 5.41) is 31.1. The van der Waals surface area contributed by atoms with Gasteiger partial charge in [0.2, 0.25) is 22.1 Å². The average molecular weight is 557 g/mol. The molecule has 0 aliphatic carbocycles. The van der Waals surface area contributed by atoms with E-state index in [1.54, 1.807) is 35.7 Å². The highest BCUT2D eigenvalue weighted by molar-refractivity contribution is 7.89. The number of aliphatic hydroxyl groups is 2. The molecule has 0 amide bonds. The Morgan fingerprint density at radius 2 is 1.90 bits per heavy atom. The van der Waals surface area contributed by atoms with Crippen molar-refractivity contribution in [3.63, 3.8) is 0 Å². The van der Waals surface area contributed by atoms with E-state index in [0.717, 1.165) is 22.4 Å². The third-order valence-electron chi connectivity index (χ3n) is 7.23. The number of benzene rings is 2. The van der Waals surface area contributed by atoms with Gasteiger partial charge in [-0.3, -0.25) is 9.74 Å². The molecule has 208 valence electrons. The van der Waals surface area contributed by atoms with Crippen molar-refractivity contribution >= 4 is 15.9 Å². The van der Waals surface area contributed by atoms with Crippen LogP contribution in [0.4, 0.5) is 5.88 Å². The van der Waals surface area contributed by atoms with Gasteiger partial charge in [0.25, 0.3) is 0 Å². The maximum atomic E-state index is 12.4. The van der Waals surface area contributed by atoms with Gasteiger partial charge in [0.15, 0.2) is 0 Å². The fourth-order valence-electron chi connectivity index (χ4n) is 4.98. The Morgan fingerprint density at radius 3 is 2.59 bits per heavy atom. The Balaban J connectivity index is 1.58. The summed E-state index contributed by atoms with van der Waals surface area (Å²) in [6.45, 7) is 3.95. The minimum absolute atomic E-state index is 0.00629. The fraction of sp³-hybridized carbons (Fsp3) is 0.370. The Bertz CT molecular complexity index is 1480. The summed E-state index contributed by atoms with van der Waals surface area (Å²) in [5.41, 5.74) is 3.23. The van der Waals surface area contributed by atoms with Crippen molar-refractivity contribution in [2.24, 2.45) is 5.14 Å². The molecule has 3 aromatic rings. The number of hydroxylamine groups is 2. The Hall–Kier alpha value is -3.26. The number of hydrogen-bond donors (Lipinski definition) is 3. The summed E-state index contributed by atoms with van der Waals surface area (Å²) in [7, 11) is -4.00. The predicted molar refractivity (Wildman–Crippen MR) is 142 cm³/mol. The first-order valence-corrected chi connectivity index (χ1v) is 14.1. The lowest BCUT2D eigenvalue weighted by molar-refractivity contribution is -0.296. The number of rotatable bonds is 8. The van der Waals surface area contributed by atoms with Crippen molar-refractivity contribution in [2.45, 2.75) is 50.0 Å². The molecule has 0 bridgehead atoms. The number of aliphatic hydroxyl groups excluding tert-OH is 2. The zero-order valence-electron chi connectivity index (χ0n) is 21.8. The van der Waals surface area contributed by atoms with Crippen molar-refractivity contribution in [3.8, 4) is 11.1 Å². The molecule has 2 aliphatic rings. The van der Waals surface area contributed by atoms with Gasteiger partial charge in [-0.05, 0) is 49.9 Å². The highest BCUT2D eigenvalue weighted by atomic mass is 32.2. The molecule has 3 heterocycles. The second-order valence-corrected chi connectivity index (χ2v) is 11.4. The molecule has 11 nitrogen and oxygen atoms in total. The topological polar surface area (TPSA) is 152 Å². The van der Waals surface area contributed by atoms with Gasteiger partial charge < -0.3 is 19.5 Å². The lowest BCUT2D eigenvalue weighted by Crippen LogP contribution is -2.50. The molecule has 39 heavy (non-hydrogen) atoms. The second-order valence-electron chi connectivity index (χ2n) is 9.89. The van der Waals surface area contributed by atoms with E-state index >= 15 is 0 Å². The number of ether oxygens (including phenoxy) is 1. The van der Waals surface area contributed by atoms with Crippen LogP contribution in [0.5, 0.6) is 0 Å². The minimum Gasteiger partial charge on any atom is -0.472 e. The van der Waals surface area contributed by atoms with Crippen molar-refractivity contribution in [2.75, 3.05) is 24.7 Å². The largest absolute Gasteiger partial charge is 0.472 e. The quantitative estimate of drug-likeness (QED) is 0.378. The smallest absolute Gasteiger partial charge is 0.238 e. The molecule has 0 radical (unpaired) electrons. The summed E-state index contributed by atoms with van der Waals surface area (Å²) in [5.74, 6) is 0.562. The van der Waals surface area contributed by atoms with Crippen molar-refractivity contribution < 1.29 is 32.7 Å². The normalized spacial score (nSPS) is 19.4. The number of nitrogens with two attached hydrogens (primary N) is 1. The third kappa shape index (κ3) is 5.31. The van der Waals surface area contributed by atoms with E-state index in [-0.39, 0.29) is 24.7 Å². The molecule has 1 saturated heterocycles. The van der Waals surface area contributed by atoms with Crippen LogP contribution in [0.25, 0.3) is 11.1 Å². The van der Waals surface area contributed by atoms with Gasteiger partial charge in [0, 0.05) is 36.0 Å². The maximum absolute atomic E-state index is 12.4. The Morgan fingerprint density at radius 1 is 1.13 bits per heavy atom. The van der Waals surface area contributed by atoms with Gasteiger partial charge in [-0.25, -0.2) is 13.6 Å². The van der Waals surface area contributed by atoms with Crippen LogP contribution in [0, 0.1) is 13.8 Å². The minimum atomic E-state index is -4.00. The summed E-state index contributed by atoms with van der Waals surface area (Å²) < 4.78 is 36.4. The lowest BCUT2D eigenvalue weighted by Gasteiger charge is -2.40. The van der Waals surface area contributed by atoms with Crippen LogP contribution < -0.4 is 10.0 Å². The van der Waals surface area contributed by atoms with Crippen LogP contribution >= 0.6 is 0 Å². The summed E-state index contributed by atoms with van der Waals surface area (Å²) in [4.78, 5) is 7.90. The fourth-order valence-corrected chi connectivity index (χ4v) is 5.74. The number of sulfonamides is 1. The van der Waals surface area contributed by atoms with Gasteiger partial charge >= 0.3 is 0 Å². The van der Waals surface area contributed by atoms with Gasteiger partial charge in [0.1, 0.15) is 11.9 Å². The maximum Gasteiger partial charge on any atom is 0.238 e. The first kappa shape index (κ1) is 27.3. The van der Waals surface area contributed by atoms with Crippen LogP contribution in [0.2, 0.25) is 0 Å². The molecule has 1 aromatic heterocycles. The molecule has 1 atom stereocenters. The van der Waals surface area contributed by atoms with Crippen LogP contribution in [-0.2, 0) is 26.1 Å². The number of aromatic nitrogens is 1. The van der Waals surface area contributed by atoms with E-state index in [1.807, 2.05) is 36.9 Å². The SMILES string of the molecule is Cc1noc(N2C=COC2c2ccc(-c3ccccc3S(N)(=O)=O)c(CN3CCCC(CO)(CO)O3)c2)c1C. The van der Waals surface area contributed by atoms with Gasteiger partial charge in [-0.2, -0.15) is 5.06 Å². The van der Waals surface area contributed by atoms with Crippen LogP contribution in [0.3, 0.4) is 0 Å².